The number of hydrogen-bond donors (Lipinski definition) is 0. The molecule has 32 valence electrons. The Balaban J connectivity index is -0.0000000800. The van der Waals surface area contributed by atoms with E-state index in [0.29, 0.717) is 0 Å². The summed E-state index contributed by atoms with van der Waals surface area (Å²) in [5.74, 6) is 0. The van der Waals surface area contributed by atoms with Gasteiger partial charge in [0.05, 0.1) is 0 Å². The van der Waals surface area contributed by atoms with E-state index in [1.165, 1.54) is 0 Å². The van der Waals surface area contributed by atoms with Gasteiger partial charge in [0.15, 0.2) is 0 Å². The Labute approximate surface area is 130 Å². The third-order valence-corrected chi connectivity index (χ3v) is 0. The van der Waals surface area contributed by atoms with Crippen molar-refractivity contribution in [2.24, 2.45) is 0 Å². The molecule has 7 heavy (non-hydrogen) atoms. The van der Waals surface area contributed by atoms with E-state index in [1.54, 1.807) is 0 Å². The molecule has 0 radical (unpaired) electrons. The molecule has 0 N–H and O–H groups in total. The van der Waals surface area contributed by atoms with Crippen molar-refractivity contribution in [1.29, 1.82) is 0 Å². The van der Waals surface area contributed by atoms with Gasteiger partial charge in [0.25, 0.3) is 0 Å². The van der Waals surface area contributed by atoms with Crippen LogP contribution in [-0.4, -0.2) is 0 Å². The van der Waals surface area contributed by atoms with Crippen LogP contribution in [0.5, 0.6) is 0 Å². The van der Waals surface area contributed by atoms with Crippen LogP contribution in [0.4, 0.5) is 0 Å². The van der Waals surface area contributed by atoms with E-state index in [9.17, 15) is 0 Å². The molecule has 0 atom stereocenters. The topological polar surface area (TPSA) is 80.3 Å². The molecule has 0 bridgehead atoms. The number of rotatable bonds is 0. The summed E-state index contributed by atoms with van der Waals surface area (Å²) in [5.41, 5.74) is 0. The first-order chi connectivity index (χ1) is 2.00. The minimum absolute atomic E-state index is 0. The van der Waals surface area contributed by atoms with E-state index in [2.05, 4.69) is 0 Å². The fourth-order valence-electron chi connectivity index (χ4n) is 0. The predicted octanol–water partition coefficient (Wildman–Crippen LogP) is -8.61. The Morgan fingerprint density at radius 2 is 1.00 bits per heavy atom. The van der Waals surface area contributed by atoms with Gasteiger partial charge in [-0.15, -0.1) is 0 Å². The zero-order valence-corrected chi connectivity index (χ0v) is 12.3. The normalized spacial score (nSPS) is 8.29. The zero-order valence-electron chi connectivity index (χ0n) is 4.04. The summed E-state index contributed by atoms with van der Waals surface area (Å²) >= 11 is -6.02. The monoisotopic (exact) mass is 240 g/mol. The first-order valence-corrected chi connectivity index (χ1v) is 3.94. The van der Waals surface area contributed by atoms with Crippen molar-refractivity contribution in [2.75, 3.05) is 0 Å². The van der Waals surface area contributed by atoms with Gasteiger partial charge in [-0.3, -0.25) is 0 Å². The molecule has 0 aromatic rings. The molecule has 0 unspecified atom stereocenters. The van der Waals surface area contributed by atoms with Crippen molar-refractivity contribution >= 4 is 0 Å². The molecule has 0 aromatic heterocycles. The summed E-state index contributed by atoms with van der Waals surface area (Å²) in [6, 6.07) is 0. The van der Waals surface area contributed by atoms with Crippen LogP contribution in [-0.2, 0) is 23.5 Å². The second-order valence-corrected chi connectivity index (χ2v) is 2.42. The Bertz CT molecular complexity index is 92.9. The SMILES string of the molecule is [K+].[K+].[O]=[Mo](=[O])([O-])[O-]. The third-order valence-electron chi connectivity index (χ3n) is 0. The van der Waals surface area contributed by atoms with Gasteiger partial charge < -0.3 is 0 Å². The molecule has 0 rings (SSSR count). The Morgan fingerprint density at radius 1 is 1.00 bits per heavy atom. The predicted molar refractivity (Wildman–Crippen MR) is 1.37 cm³/mol. The maximum atomic E-state index is 8.63. The molecule has 0 aliphatic carbocycles. The Morgan fingerprint density at radius 3 is 1.00 bits per heavy atom. The zero-order chi connectivity index (χ0) is 4.50. The Hall–Kier alpha value is 3.48. The molecule has 0 aliphatic heterocycles. The molecule has 7 heteroatoms. The summed E-state index contributed by atoms with van der Waals surface area (Å²) in [4.78, 5) is 0. The van der Waals surface area contributed by atoms with E-state index in [0.717, 1.165) is 0 Å². The van der Waals surface area contributed by atoms with Gasteiger partial charge >= 0.3 is 134 Å². The van der Waals surface area contributed by atoms with Crippen LogP contribution < -0.4 is 110 Å². The van der Waals surface area contributed by atoms with Gasteiger partial charge in [-0.1, -0.05) is 0 Å². The van der Waals surface area contributed by atoms with Gasteiger partial charge in [-0.05, 0) is 0 Å². The third kappa shape index (κ3) is 43.8. The van der Waals surface area contributed by atoms with E-state index in [-0.39, 0.29) is 103 Å². The average molecular weight is 238 g/mol. The van der Waals surface area contributed by atoms with Crippen LogP contribution in [0.3, 0.4) is 0 Å². The molecule has 0 aromatic carbocycles. The summed E-state index contributed by atoms with van der Waals surface area (Å²) in [5, 5.41) is 0. The van der Waals surface area contributed by atoms with Crippen molar-refractivity contribution in [3.8, 4) is 0 Å². The average Bonchev–Trinajstić information content (AvgIpc) is 0.722. The summed E-state index contributed by atoms with van der Waals surface area (Å²) < 4.78 is 34.5. The van der Waals surface area contributed by atoms with Crippen molar-refractivity contribution in [2.45, 2.75) is 0 Å². The first-order valence-electron chi connectivity index (χ1n) is 0.667. The minimum atomic E-state index is -6.02. The molecule has 0 saturated carbocycles. The summed E-state index contributed by atoms with van der Waals surface area (Å²) in [7, 11) is 0. The summed E-state index contributed by atoms with van der Waals surface area (Å²) in [6.07, 6.45) is 0. The first kappa shape index (κ1) is 16.8. The van der Waals surface area contributed by atoms with E-state index in [4.69, 9.17) is 14.3 Å². The molecule has 0 saturated heterocycles. The molecular weight excluding hydrogens is 238 g/mol. The van der Waals surface area contributed by atoms with Gasteiger partial charge in [0.1, 0.15) is 0 Å². The summed E-state index contributed by atoms with van der Waals surface area (Å²) in [6.45, 7) is 0. The fourth-order valence-corrected chi connectivity index (χ4v) is 0. The van der Waals surface area contributed by atoms with Crippen LogP contribution in [0, 0.1) is 0 Å². The van der Waals surface area contributed by atoms with Crippen molar-refractivity contribution in [3.63, 3.8) is 0 Å². The quantitative estimate of drug-likeness (QED) is 0.392. The van der Waals surface area contributed by atoms with E-state index in [1.807, 2.05) is 0 Å². The van der Waals surface area contributed by atoms with Crippen LogP contribution in [0.25, 0.3) is 0 Å². The number of hydrogen-bond acceptors (Lipinski definition) is 4. The van der Waals surface area contributed by atoms with Crippen LogP contribution >= 0.6 is 0 Å². The molecular formula is K2MoO4. The second kappa shape index (κ2) is 7.59. The van der Waals surface area contributed by atoms with Crippen molar-refractivity contribution < 1.29 is 134 Å². The van der Waals surface area contributed by atoms with Crippen LogP contribution in [0.1, 0.15) is 0 Å². The van der Waals surface area contributed by atoms with Gasteiger partial charge in [-0.2, -0.15) is 0 Å². The molecule has 0 amide bonds. The van der Waals surface area contributed by atoms with Crippen molar-refractivity contribution in [1.82, 2.24) is 0 Å². The Kier molecular flexibility index (Phi) is 18.2. The van der Waals surface area contributed by atoms with Gasteiger partial charge in [-0.25, -0.2) is 0 Å². The van der Waals surface area contributed by atoms with Crippen LogP contribution in [0.15, 0.2) is 0 Å². The standard InChI is InChI=1S/2K.Mo.4O/q2*+1;;;;2*-1. The second-order valence-electron chi connectivity index (χ2n) is 0.408. The molecule has 0 aliphatic rings. The fraction of sp³-hybridized carbons (Fsp3) is 0. The molecule has 0 heterocycles. The van der Waals surface area contributed by atoms with Gasteiger partial charge in [0, 0.05) is 0 Å². The van der Waals surface area contributed by atoms with E-state index >= 15 is 0 Å². The molecule has 0 fully saturated rings. The molecule has 4 nitrogen and oxygen atoms in total. The van der Waals surface area contributed by atoms with Crippen molar-refractivity contribution in [3.05, 3.63) is 0 Å². The van der Waals surface area contributed by atoms with Gasteiger partial charge in [0.2, 0.25) is 0 Å². The maximum absolute atomic E-state index is 8.63. The molecule has 0 spiro atoms. The van der Waals surface area contributed by atoms with Crippen LogP contribution in [0.2, 0.25) is 0 Å². The van der Waals surface area contributed by atoms with E-state index < -0.39 is 16.7 Å².